The van der Waals surface area contributed by atoms with E-state index in [1.54, 1.807) is 10.7 Å². The summed E-state index contributed by atoms with van der Waals surface area (Å²) in [5, 5.41) is 4.09. The minimum absolute atomic E-state index is 0.304. The van der Waals surface area contributed by atoms with Gasteiger partial charge in [-0.05, 0) is 6.07 Å². The summed E-state index contributed by atoms with van der Waals surface area (Å²) in [5.41, 5.74) is 6.59. The second kappa shape index (κ2) is 2.68. The van der Waals surface area contributed by atoms with Crippen molar-refractivity contribution in [1.29, 1.82) is 0 Å². The zero-order valence-corrected chi connectivity index (χ0v) is 7.67. The summed E-state index contributed by atoms with van der Waals surface area (Å²) in [6.45, 7) is 1.80. The van der Waals surface area contributed by atoms with E-state index < -0.39 is 0 Å². The summed E-state index contributed by atoms with van der Waals surface area (Å²) < 4.78 is 1.75. The number of nitrogens with two attached hydrogens (primary N) is 1. The van der Waals surface area contributed by atoms with E-state index in [-0.39, 0.29) is 0 Å². The van der Waals surface area contributed by atoms with Gasteiger partial charge >= 0.3 is 0 Å². The Labute approximate surface area is 81.1 Å². The number of anilines is 1. The highest BCUT2D eigenvalue weighted by Crippen LogP contribution is 2.17. The molecule has 0 aromatic carbocycles. The monoisotopic (exact) mass is 189 g/mol. The molecule has 3 heterocycles. The van der Waals surface area contributed by atoms with Gasteiger partial charge in [-0.3, -0.25) is 0 Å². The third-order valence-corrected chi connectivity index (χ3v) is 2.48. The SMILES string of the molecule is NC1CN(c2ccn3nccc3n2)C1. The van der Waals surface area contributed by atoms with Crippen LogP contribution in [0, 0.1) is 0 Å². The summed E-state index contributed by atoms with van der Waals surface area (Å²) in [6.07, 6.45) is 3.66. The molecule has 0 amide bonds. The molecule has 0 saturated carbocycles. The number of aromatic nitrogens is 3. The number of fused-ring (bicyclic) bond motifs is 1. The Morgan fingerprint density at radius 2 is 2.21 bits per heavy atom. The zero-order chi connectivity index (χ0) is 9.54. The molecule has 3 rings (SSSR count). The first-order valence-electron chi connectivity index (χ1n) is 4.64. The van der Waals surface area contributed by atoms with Crippen LogP contribution in [0.15, 0.2) is 24.5 Å². The van der Waals surface area contributed by atoms with Gasteiger partial charge in [0.2, 0.25) is 0 Å². The van der Waals surface area contributed by atoms with Crippen LogP contribution in [0.3, 0.4) is 0 Å². The van der Waals surface area contributed by atoms with Crippen LogP contribution in [0.25, 0.3) is 5.65 Å². The van der Waals surface area contributed by atoms with Crippen LogP contribution in [-0.2, 0) is 0 Å². The van der Waals surface area contributed by atoms with Crippen molar-refractivity contribution in [1.82, 2.24) is 14.6 Å². The molecule has 2 aromatic heterocycles. The van der Waals surface area contributed by atoms with Gasteiger partial charge < -0.3 is 10.6 Å². The van der Waals surface area contributed by atoms with Gasteiger partial charge in [-0.2, -0.15) is 5.10 Å². The molecular weight excluding hydrogens is 178 g/mol. The van der Waals surface area contributed by atoms with Crippen LogP contribution < -0.4 is 10.6 Å². The van der Waals surface area contributed by atoms with E-state index in [9.17, 15) is 0 Å². The standard InChI is InChI=1S/C9H11N5/c10-7-5-13(6-7)8-2-4-14-9(12-8)1-3-11-14/h1-4,7H,5-6,10H2. The Bertz CT molecular complexity index is 457. The van der Waals surface area contributed by atoms with Gasteiger partial charge in [-0.1, -0.05) is 0 Å². The fourth-order valence-corrected chi connectivity index (χ4v) is 1.68. The van der Waals surface area contributed by atoms with Crippen molar-refractivity contribution in [3.63, 3.8) is 0 Å². The third-order valence-electron chi connectivity index (χ3n) is 2.48. The predicted octanol–water partition coefficient (Wildman–Crippen LogP) is -0.123. The van der Waals surface area contributed by atoms with Crippen molar-refractivity contribution < 1.29 is 0 Å². The molecule has 1 aliphatic rings. The Hall–Kier alpha value is -1.62. The molecule has 5 heteroatoms. The summed E-state index contributed by atoms with van der Waals surface area (Å²) in [6, 6.07) is 4.16. The maximum Gasteiger partial charge on any atom is 0.157 e. The van der Waals surface area contributed by atoms with E-state index in [1.807, 2.05) is 18.3 Å². The summed E-state index contributed by atoms with van der Waals surface area (Å²) in [7, 11) is 0. The highest BCUT2D eigenvalue weighted by molar-refractivity contribution is 5.49. The Morgan fingerprint density at radius 1 is 1.36 bits per heavy atom. The Morgan fingerprint density at radius 3 is 3.00 bits per heavy atom. The molecule has 0 unspecified atom stereocenters. The second-order valence-corrected chi connectivity index (χ2v) is 3.58. The van der Waals surface area contributed by atoms with E-state index in [4.69, 9.17) is 5.73 Å². The lowest BCUT2D eigenvalue weighted by Crippen LogP contribution is -2.56. The largest absolute Gasteiger partial charge is 0.353 e. The third kappa shape index (κ3) is 1.06. The van der Waals surface area contributed by atoms with Crippen LogP contribution in [0.4, 0.5) is 5.82 Å². The lowest BCUT2D eigenvalue weighted by atomic mass is 10.1. The van der Waals surface area contributed by atoms with Gasteiger partial charge in [0.1, 0.15) is 5.82 Å². The van der Waals surface area contributed by atoms with Crippen LogP contribution >= 0.6 is 0 Å². The lowest BCUT2D eigenvalue weighted by Gasteiger charge is -2.37. The summed E-state index contributed by atoms with van der Waals surface area (Å²) in [4.78, 5) is 6.63. The lowest BCUT2D eigenvalue weighted by molar-refractivity contribution is 0.514. The minimum Gasteiger partial charge on any atom is -0.353 e. The van der Waals surface area contributed by atoms with Gasteiger partial charge in [0.25, 0.3) is 0 Å². The van der Waals surface area contributed by atoms with E-state index in [1.165, 1.54) is 0 Å². The van der Waals surface area contributed by atoms with Crippen LogP contribution in [-0.4, -0.2) is 33.7 Å². The Kier molecular flexibility index (Phi) is 1.49. The van der Waals surface area contributed by atoms with Crippen molar-refractivity contribution in [2.75, 3.05) is 18.0 Å². The first kappa shape index (κ1) is 7.75. The van der Waals surface area contributed by atoms with Crippen LogP contribution in [0.1, 0.15) is 0 Å². The first-order valence-corrected chi connectivity index (χ1v) is 4.64. The van der Waals surface area contributed by atoms with E-state index in [2.05, 4.69) is 15.0 Å². The molecule has 1 saturated heterocycles. The van der Waals surface area contributed by atoms with E-state index in [0.29, 0.717) is 6.04 Å². The highest BCUT2D eigenvalue weighted by Gasteiger charge is 2.24. The van der Waals surface area contributed by atoms with E-state index in [0.717, 1.165) is 24.6 Å². The van der Waals surface area contributed by atoms with Crippen molar-refractivity contribution in [2.24, 2.45) is 5.73 Å². The quantitative estimate of drug-likeness (QED) is 0.679. The molecular formula is C9H11N5. The van der Waals surface area contributed by atoms with Crippen molar-refractivity contribution in [2.45, 2.75) is 6.04 Å². The van der Waals surface area contributed by atoms with Crippen LogP contribution in [0.2, 0.25) is 0 Å². The topological polar surface area (TPSA) is 59.5 Å². The normalized spacial score (nSPS) is 17.4. The fourth-order valence-electron chi connectivity index (χ4n) is 1.68. The molecule has 1 aliphatic heterocycles. The van der Waals surface area contributed by atoms with Crippen molar-refractivity contribution >= 4 is 11.5 Å². The molecule has 0 atom stereocenters. The molecule has 1 fully saturated rings. The molecule has 0 aliphatic carbocycles. The molecule has 0 bridgehead atoms. The van der Waals surface area contributed by atoms with Gasteiger partial charge in [0, 0.05) is 31.4 Å². The second-order valence-electron chi connectivity index (χ2n) is 3.58. The van der Waals surface area contributed by atoms with Crippen LogP contribution in [0.5, 0.6) is 0 Å². The summed E-state index contributed by atoms with van der Waals surface area (Å²) in [5.74, 6) is 0.986. The molecule has 72 valence electrons. The zero-order valence-electron chi connectivity index (χ0n) is 7.67. The number of hydrogen-bond donors (Lipinski definition) is 1. The number of hydrogen-bond acceptors (Lipinski definition) is 4. The highest BCUT2D eigenvalue weighted by atomic mass is 15.3. The molecule has 0 radical (unpaired) electrons. The minimum atomic E-state index is 0.304. The van der Waals surface area contributed by atoms with E-state index >= 15 is 0 Å². The number of nitrogens with zero attached hydrogens (tertiary/aromatic N) is 4. The Balaban J connectivity index is 1.97. The average molecular weight is 189 g/mol. The predicted molar refractivity (Wildman–Crippen MR) is 53.2 cm³/mol. The number of rotatable bonds is 1. The fraction of sp³-hybridized carbons (Fsp3) is 0.333. The molecule has 5 nitrogen and oxygen atoms in total. The van der Waals surface area contributed by atoms with Crippen molar-refractivity contribution in [3.8, 4) is 0 Å². The maximum atomic E-state index is 5.71. The van der Waals surface area contributed by atoms with Gasteiger partial charge in [0.15, 0.2) is 5.65 Å². The van der Waals surface area contributed by atoms with Crippen molar-refractivity contribution in [3.05, 3.63) is 24.5 Å². The maximum absolute atomic E-state index is 5.71. The van der Waals surface area contributed by atoms with Gasteiger partial charge in [0.05, 0.1) is 6.20 Å². The summed E-state index contributed by atoms with van der Waals surface area (Å²) >= 11 is 0. The van der Waals surface area contributed by atoms with Gasteiger partial charge in [-0.15, -0.1) is 0 Å². The molecule has 2 aromatic rings. The smallest absolute Gasteiger partial charge is 0.157 e. The molecule has 14 heavy (non-hydrogen) atoms. The molecule has 0 spiro atoms. The first-order chi connectivity index (χ1) is 6.83. The average Bonchev–Trinajstić information content (AvgIpc) is 2.59. The van der Waals surface area contributed by atoms with Gasteiger partial charge in [-0.25, -0.2) is 9.50 Å². The molecule has 2 N–H and O–H groups in total.